The highest BCUT2D eigenvalue weighted by Crippen LogP contribution is 2.48. The van der Waals surface area contributed by atoms with Crippen molar-refractivity contribution in [3.05, 3.63) is 0 Å². The lowest BCUT2D eigenvalue weighted by Gasteiger charge is -2.31. The summed E-state index contributed by atoms with van der Waals surface area (Å²) in [6, 6.07) is 0. The first-order valence-corrected chi connectivity index (χ1v) is 6.72. The average Bonchev–Trinajstić information content (AvgIpc) is 2.32. The van der Waals surface area contributed by atoms with Crippen LogP contribution >= 0.6 is 0 Å². The first kappa shape index (κ1) is 23.6. The highest BCUT2D eigenvalue weighted by molar-refractivity contribution is 7.87. The maximum Gasteiger partial charge on any atom is 0.418 e. The minimum atomic E-state index is -6.92. The second kappa shape index (κ2) is 6.71. The molecule has 0 aliphatic heterocycles. The largest absolute Gasteiger partial charge is 0.458 e. The molecule has 0 aromatic heterocycles. The highest BCUT2D eigenvalue weighted by Gasteiger charge is 2.75. The van der Waals surface area contributed by atoms with Gasteiger partial charge in [0.1, 0.15) is 0 Å². The van der Waals surface area contributed by atoms with Crippen molar-refractivity contribution in [2.24, 2.45) is 0 Å². The van der Waals surface area contributed by atoms with Gasteiger partial charge >= 0.3 is 46.6 Å². The van der Waals surface area contributed by atoms with Crippen molar-refractivity contribution < 1.29 is 70.1 Å². The number of ether oxygens (including phenoxy) is 1. The van der Waals surface area contributed by atoms with Gasteiger partial charge in [-0.15, -0.1) is 3.89 Å². The quantitative estimate of drug-likeness (QED) is 0.358. The van der Waals surface area contributed by atoms with Gasteiger partial charge < -0.3 is 4.74 Å². The summed E-state index contributed by atoms with van der Waals surface area (Å²) in [4.78, 5) is 10.7. The molecule has 0 aromatic rings. The standard InChI is InChI=1S/C8H4F12O4S/c9-4(10)6(13,14)8(18,19)5(11,12)1-24-3(21)2(7(15,16)17)25(20,22)23/h2,4H,1H2. The normalized spacial score (nSPS) is 16.0. The van der Waals surface area contributed by atoms with E-state index in [0.29, 0.717) is 0 Å². The van der Waals surface area contributed by atoms with Gasteiger partial charge in [0.15, 0.2) is 6.61 Å². The van der Waals surface area contributed by atoms with Crippen LogP contribution in [0.2, 0.25) is 0 Å². The van der Waals surface area contributed by atoms with Crippen LogP contribution in [-0.2, 0) is 19.8 Å². The zero-order valence-electron chi connectivity index (χ0n) is 10.9. The fourth-order valence-electron chi connectivity index (χ4n) is 1.12. The van der Waals surface area contributed by atoms with E-state index in [2.05, 4.69) is 4.74 Å². The number of hydrogen-bond donors (Lipinski definition) is 0. The average molecular weight is 424 g/mol. The Hall–Kier alpha value is -1.42. The van der Waals surface area contributed by atoms with Gasteiger partial charge in [-0.1, -0.05) is 0 Å². The van der Waals surface area contributed by atoms with Gasteiger partial charge in [-0.2, -0.15) is 47.9 Å². The molecule has 0 rings (SSSR count). The number of hydrogen-bond acceptors (Lipinski definition) is 4. The zero-order chi connectivity index (χ0) is 20.6. The van der Waals surface area contributed by atoms with Gasteiger partial charge in [0.25, 0.3) is 5.25 Å². The second-order valence-electron chi connectivity index (χ2n) is 4.21. The van der Waals surface area contributed by atoms with E-state index >= 15 is 0 Å². The maximum absolute atomic E-state index is 12.9. The minimum absolute atomic E-state index is 2.80. The molecule has 0 aliphatic rings. The summed E-state index contributed by atoms with van der Waals surface area (Å²) in [5.41, 5.74) is 0. The molecule has 4 nitrogen and oxygen atoms in total. The van der Waals surface area contributed by atoms with Crippen LogP contribution in [0.1, 0.15) is 0 Å². The smallest absolute Gasteiger partial charge is 0.418 e. The molecule has 0 saturated carbocycles. The number of carbonyl (C=O) groups excluding carboxylic acids is 1. The third kappa shape index (κ3) is 4.81. The van der Waals surface area contributed by atoms with E-state index in [1.165, 1.54) is 0 Å². The molecule has 150 valence electrons. The van der Waals surface area contributed by atoms with Crippen LogP contribution in [0, 0.1) is 0 Å². The molecule has 0 N–H and O–H groups in total. The van der Waals surface area contributed by atoms with Gasteiger partial charge in [-0.05, 0) is 0 Å². The lowest BCUT2D eigenvalue weighted by atomic mass is 10.1. The molecule has 25 heavy (non-hydrogen) atoms. The molecule has 0 aromatic carbocycles. The third-order valence-electron chi connectivity index (χ3n) is 2.34. The Bertz CT molecular complexity index is 595. The number of halogens is 12. The van der Waals surface area contributed by atoms with E-state index < -0.39 is 58.4 Å². The fraction of sp³-hybridized carbons (Fsp3) is 0.875. The van der Waals surface area contributed by atoms with Crippen molar-refractivity contribution in [3.63, 3.8) is 0 Å². The van der Waals surface area contributed by atoms with E-state index in [1.807, 2.05) is 0 Å². The van der Waals surface area contributed by atoms with E-state index in [0.717, 1.165) is 0 Å². The molecule has 0 bridgehead atoms. The van der Waals surface area contributed by atoms with Crippen LogP contribution in [0.4, 0.5) is 52.2 Å². The Kier molecular flexibility index (Phi) is 6.33. The lowest BCUT2D eigenvalue weighted by Crippen LogP contribution is -2.59. The second-order valence-corrected chi connectivity index (χ2v) is 5.63. The summed E-state index contributed by atoms with van der Waals surface area (Å²) in [5, 5.41) is -4.74. The van der Waals surface area contributed by atoms with Gasteiger partial charge in [-0.3, -0.25) is 4.79 Å². The molecular weight excluding hydrogens is 420 g/mol. The van der Waals surface area contributed by atoms with Gasteiger partial charge in [0.05, 0.1) is 0 Å². The monoisotopic (exact) mass is 424 g/mol. The molecular formula is C8H4F12O4S. The molecule has 0 aliphatic carbocycles. The Morgan fingerprint density at radius 2 is 1.32 bits per heavy atom. The summed E-state index contributed by atoms with van der Waals surface area (Å²) < 4.78 is 172. The third-order valence-corrected chi connectivity index (χ3v) is 3.36. The summed E-state index contributed by atoms with van der Waals surface area (Å²) in [5.74, 6) is -23.4. The van der Waals surface area contributed by atoms with E-state index in [-0.39, 0.29) is 0 Å². The van der Waals surface area contributed by atoms with Crippen molar-refractivity contribution in [2.45, 2.75) is 35.6 Å². The number of alkyl halides is 11. The summed E-state index contributed by atoms with van der Waals surface area (Å²) in [6.45, 7) is -3.37. The Morgan fingerprint density at radius 1 is 0.920 bits per heavy atom. The van der Waals surface area contributed by atoms with Crippen molar-refractivity contribution in [2.75, 3.05) is 6.61 Å². The molecule has 0 heterocycles. The zero-order valence-corrected chi connectivity index (χ0v) is 11.8. The summed E-state index contributed by atoms with van der Waals surface area (Å²) >= 11 is 0. The van der Waals surface area contributed by atoms with E-state index in [9.17, 15) is 65.4 Å². The first-order valence-electron chi connectivity index (χ1n) is 5.28. The SMILES string of the molecule is O=C(OCC(F)(F)C(F)(F)C(F)(F)C(F)F)C(C(F)(F)F)S(=O)(=O)F. The maximum atomic E-state index is 12.9. The van der Waals surface area contributed by atoms with Crippen LogP contribution in [0.5, 0.6) is 0 Å². The molecule has 0 amide bonds. The van der Waals surface area contributed by atoms with Crippen molar-refractivity contribution in [1.82, 2.24) is 0 Å². The van der Waals surface area contributed by atoms with Crippen LogP contribution in [0.3, 0.4) is 0 Å². The minimum Gasteiger partial charge on any atom is -0.458 e. The molecule has 0 spiro atoms. The number of esters is 1. The lowest BCUT2D eigenvalue weighted by molar-refractivity contribution is -0.344. The summed E-state index contributed by atoms with van der Waals surface area (Å²) in [7, 11) is -6.87. The van der Waals surface area contributed by atoms with E-state index in [4.69, 9.17) is 0 Å². The van der Waals surface area contributed by atoms with Gasteiger partial charge in [0.2, 0.25) is 0 Å². The Morgan fingerprint density at radius 3 is 1.60 bits per heavy atom. The molecule has 0 radical (unpaired) electrons. The van der Waals surface area contributed by atoms with Crippen LogP contribution in [0.25, 0.3) is 0 Å². The Balaban J connectivity index is 5.51. The van der Waals surface area contributed by atoms with Crippen molar-refractivity contribution >= 4 is 16.2 Å². The topological polar surface area (TPSA) is 60.4 Å². The van der Waals surface area contributed by atoms with Crippen molar-refractivity contribution in [3.8, 4) is 0 Å². The van der Waals surface area contributed by atoms with Gasteiger partial charge in [-0.25, -0.2) is 8.78 Å². The van der Waals surface area contributed by atoms with Crippen LogP contribution in [-0.4, -0.2) is 56.6 Å². The Labute approximate surface area is 129 Å². The highest BCUT2D eigenvalue weighted by atomic mass is 32.3. The van der Waals surface area contributed by atoms with E-state index in [1.54, 1.807) is 0 Å². The van der Waals surface area contributed by atoms with Gasteiger partial charge in [0, 0.05) is 0 Å². The fourth-order valence-corrected chi connectivity index (χ4v) is 1.73. The number of rotatable bonds is 7. The first-order chi connectivity index (χ1) is 10.7. The van der Waals surface area contributed by atoms with Crippen LogP contribution < -0.4 is 0 Å². The molecule has 0 saturated heterocycles. The molecule has 1 unspecified atom stereocenters. The molecule has 17 heteroatoms. The summed E-state index contributed by atoms with van der Waals surface area (Å²) in [6.07, 6.45) is -11.6. The molecule has 1 atom stereocenters. The predicted octanol–water partition coefficient (Wildman–Crippen LogP) is 2.93. The van der Waals surface area contributed by atoms with Crippen molar-refractivity contribution in [1.29, 1.82) is 0 Å². The van der Waals surface area contributed by atoms with Crippen LogP contribution in [0.15, 0.2) is 0 Å². The molecule has 0 fully saturated rings. The number of carbonyl (C=O) groups is 1. The predicted molar refractivity (Wildman–Crippen MR) is 51.7 cm³/mol.